The Bertz CT molecular complexity index is 3810. The molecule has 3 aromatic carbocycles. The molecule has 141 heavy (non-hydrogen) atoms. The van der Waals surface area contributed by atoms with Crippen molar-refractivity contribution in [2.24, 2.45) is 0 Å². The van der Waals surface area contributed by atoms with Crippen molar-refractivity contribution >= 4 is 95.6 Å². The summed E-state index contributed by atoms with van der Waals surface area (Å²) in [4.78, 5) is 190. The molecular formula is C100H158N6O35. The zero-order valence-corrected chi connectivity index (χ0v) is 84.6. The van der Waals surface area contributed by atoms with Crippen LogP contribution >= 0.6 is 0 Å². The largest absolute Gasteiger partial charge is 0.483 e. The molecule has 0 unspecified atom stereocenters. The van der Waals surface area contributed by atoms with Gasteiger partial charge in [-0.1, -0.05) is 131 Å². The lowest BCUT2D eigenvalue weighted by molar-refractivity contribution is -0.157. The molecule has 0 aromatic heterocycles. The maximum Gasteiger partial charge on any atom is 0.308 e. The summed E-state index contributed by atoms with van der Waals surface area (Å²) in [5.41, 5.74) is -3.27. The van der Waals surface area contributed by atoms with Crippen LogP contribution in [0.4, 0.5) is 0 Å². The van der Waals surface area contributed by atoms with Gasteiger partial charge in [0.05, 0.1) is 157 Å². The van der Waals surface area contributed by atoms with Crippen molar-refractivity contribution in [2.45, 2.75) is 290 Å². The standard InChI is InChI=1S/C37H62N4O9.C37H59NO12.C25H35NO12.CH2O2/c1-4-7-21-38-32(42)18-24-47-28-37(29-48-25-19-33(43)39-22-8-5-2,30-49-26-20-34(44)40-23-9-6-3)41-35(45)16-13-17-36(46)50-27-31-14-11-10-12-15-31;1-34(2,3)48-31(41)18-21-44-25-37(26-45-22-19-32(42)49-35(4,5)6,27-46-23-20-33(43)50-36(7,8)9)38-29(39)16-13-17-30(40)47-24-28-14-11-10-12-15-28;27-20(7-4-8-24(34)38-15-19-5-2-1-3-6-19)26-25(16-35-12-9-21(28)29,17-36-13-10-22(30)31)18-37-14-11-23(32)33;2-1-3/h10-12,14-15H,4-9,13,16-30H2,1-3H3,(H,38,42)(H,39,43)(H,40,44)(H,41,45);10-12,14-15H,13,16-27H2,1-9H3,(H,38,39);1-3,5-6H,4,7-18H2,(H,26,27)(H,28,29)(H,30,31)(H,32,33);1H,(H,2,3). The molecule has 3 rings (SSSR count). The van der Waals surface area contributed by atoms with Crippen molar-refractivity contribution in [3.05, 3.63) is 108 Å². The topological polar surface area (TPSA) is 565 Å². The lowest BCUT2D eigenvalue weighted by Crippen LogP contribution is -2.58. The monoisotopic (exact) mass is 2000 g/mol. The van der Waals surface area contributed by atoms with E-state index in [9.17, 15) is 71.9 Å². The van der Waals surface area contributed by atoms with Gasteiger partial charge in [0.2, 0.25) is 35.4 Å². The SMILES string of the molecule is CC(C)(C)OC(=O)CCOCC(COCCC(=O)OC(C)(C)C)(COCCC(=O)OC(C)(C)C)NC(=O)CCCC(=O)OCc1ccccc1.CCCCNC(=O)CCOCC(COCCC(=O)NCCCC)(COCCC(=O)NCCCC)NC(=O)CCCC(=O)OCc1ccccc1.O=C(O)CCOCC(COCCC(=O)O)(COCCC(=O)O)NC(=O)CCCC(=O)OCc1ccccc1.O=CO. The predicted molar refractivity (Wildman–Crippen MR) is 515 cm³/mol. The third-order valence-electron chi connectivity index (χ3n) is 18.7. The number of hydrogen-bond donors (Lipinski definition) is 10. The highest BCUT2D eigenvalue weighted by atomic mass is 16.6. The van der Waals surface area contributed by atoms with Gasteiger partial charge >= 0.3 is 53.7 Å². The fourth-order valence-electron chi connectivity index (χ4n) is 11.9. The van der Waals surface area contributed by atoms with E-state index in [4.69, 9.17) is 96.3 Å². The summed E-state index contributed by atoms with van der Waals surface area (Å²) in [6, 6.07) is 27.7. The van der Waals surface area contributed by atoms with Crippen LogP contribution in [0.2, 0.25) is 0 Å². The van der Waals surface area contributed by atoms with E-state index in [1.54, 1.807) is 62.3 Å². The number of hydrogen-bond acceptors (Lipinski definition) is 31. The zero-order chi connectivity index (χ0) is 105. The Morgan fingerprint density at radius 3 is 0.660 bits per heavy atom. The second-order valence-corrected chi connectivity index (χ2v) is 35.9. The van der Waals surface area contributed by atoms with Gasteiger partial charge in [0.1, 0.15) is 53.2 Å². The molecule has 3 aromatic rings. The smallest absolute Gasteiger partial charge is 0.308 e. The summed E-state index contributed by atoms with van der Waals surface area (Å²) in [6.45, 7) is 22.3. The number of nitrogens with one attached hydrogen (secondary N) is 6. The van der Waals surface area contributed by atoms with Crippen LogP contribution in [0.15, 0.2) is 91.0 Å². The van der Waals surface area contributed by atoms with E-state index in [1.807, 2.05) is 112 Å². The minimum Gasteiger partial charge on any atom is -0.483 e. The molecule has 0 fully saturated rings. The summed E-state index contributed by atoms with van der Waals surface area (Å²) in [5.74, 6) is -7.61. The molecule has 0 aliphatic heterocycles. The number of ether oxygens (including phenoxy) is 15. The molecule has 0 saturated carbocycles. The molecule has 0 spiro atoms. The number of esters is 6. The van der Waals surface area contributed by atoms with Gasteiger partial charge in [-0.25, -0.2) is 0 Å². The van der Waals surface area contributed by atoms with Crippen LogP contribution in [-0.4, -0.2) is 288 Å². The normalized spacial score (nSPS) is 11.3. The van der Waals surface area contributed by atoms with Gasteiger partial charge in [0.15, 0.2) is 0 Å². The maximum absolute atomic E-state index is 13.3. The summed E-state index contributed by atoms with van der Waals surface area (Å²) in [7, 11) is 0. The quantitative estimate of drug-likeness (QED) is 0.0109. The molecule has 0 heterocycles. The van der Waals surface area contributed by atoms with Crippen LogP contribution in [0.25, 0.3) is 0 Å². The van der Waals surface area contributed by atoms with Crippen molar-refractivity contribution in [2.75, 3.05) is 139 Å². The highest BCUT2D eigenvalue weighted by Gasteiger charge is 2.38. The van der Waals surface area contributed by atoms with Gasteiger partial charge < -0.3 is 123 Å². The lowest BCUT2D eigenvalue weighted by atomic mass is 10.0. The number of carboxylic acid groups (broad SMARTS) is 4. The molecule has 0 aliphatic carbocycles. The lowest BCUT2D eigenvalue weighted by Gasteiger charge is -2.34. The Balaban J connectivity index is 0.00000208. The second-order valence-electron chi connectivity index (χ2n) is 35.9. The van der Waals surface area contributed by atoms with Gasteiger partial charge in [0, 0.05) is 77.4 Å². The molecule has 0 saturated heterocycles. The van der Waals surface area contributed by atoms with E-state index in [0.717, 1.165) is 55.2 Å². The zero-order valence-electron chi connectivity index (χ0n) is 84.6. The first-order valence-corrected chi connectivity index (χ1v) is 47.8. The van der Waals surface area contributed by atoms with Crippen LogP contribution in [0.1, 0.15) is 254 Å². The van der Waals surface area contributed by atoms with Gasteiger partial charge in [-0.2, -0.15) is 0 Å². The van der Waals surface area contributed by atoms with E-state index in [2.05, 4.69) is 31.9 Å². The minimum atomic E-state index is -1.36. The Morgan fingerprint density at radius 1 is 0.270 bits per heavy atom. The van der Waals surface area contributed by atoms with Crippen LogP contribution in [-0.2, 0) is 168 Å². The molecule has 0 radical (unpaired) electrons. The highest BCUT2D eigenvalue weighted by Crippen LogP contribution is 2.20. The molecule has 41 nitrogen and oxygen atoms in total. The van der Waals surface area contributed by atoms with Crippen LogP contribution in [0.3, 0.4) is 0 Å². The number of aliphatic carboxylic acids is 3. The second kappa shape index (κ2) is 78.4. The molecular weight excluding hydrogens is 1850 g/mol. The van der Waals surface area contributed by atoms with E-state index in [1.165, 1.54) is 0 Å². The minimum absolute atomic E-state index is 0.00735. The first-order valence-electron chi connectivity index (χ1n) is 47.8. The maximum atomic E-state index is 13.3. The molecule has 0 aliphatic rings. The number of carbonyl (C=O) groups excluding carboxylic acids is 12. The van der Waals surface area contributed by atoms with Crippen LogP contribution in [0, 0.1) is 0 Å². The van der Waals surface area contributed by atoms with E-state index in [-0.39, 0.29) is 284 Å². The van der Waals surface area contributed by atoms with Crippen LogP contribution in [0.5, 0.6) is 0 Å². The van der Waals surface area contributed by atoms with Crippen molar-refractivity contribution < 1.29 is 168 Å². The van der Waals surface area contributed by atoms with Gasteiger partial charge in [-0.3, -0.25) is 76.7 Å². The summed E-state index contributed by atoms with van der Waals surface area (Å²) < 4.78 is 83.5. The van der Waals surface area contributed by atoms with Crippen LogP contribution < -0.4 is 31.9 Å². The van der Waals surface area contributed by atoms with Crippen molar-refractivity contribution in [3.8, 4) is 0 Å². The Hall–Kier alpha value is -11.2. The Morgan fingerprint density at radius 2 is 0.468 bits per heavy atom. The number of rotatable bonds is 75. The molecule has 6 amide bonds. The van der Waals surface area contributed by atoms with Gasteiger partial charge in [-0.15, -0.1) is 0 Å². The van der Waals surface area contributed by atoms with Crippen molar-refractivity contribution in [3.63, 3.8) is 0 Å². The fourth-order valence-corrected chi connectivity index (χ4v) is 11.9. The fraction of sp³-hybridized carbons (Fsp3) is 0.660. The Labute approximate surface area is 828 Å². The molecule has 0 atom stereocenters. The van der Waals surface area contributed by atoms with E-state index >= 15 is 0 Å². The third kappa shape index (κ3) is 78.2. The first-order chi connectivity index (χ1) is 66.9. The molecule has 798 valence electrons. The summed E-state index contributed by atoms with van der Waals surface area (Å²) in [5, 5.41) is 50.6. The van der Waals surface area contributed by atoms with Crippen molar-refractivity contribution in [1.29, 1.82) is 0 Å². The van der Waals surface area contributed by atoms with E-state index < -0.39 is 99.0 Å². The number of carbonyl (C=O) groups is 16. The third-order valence-corrected chi connectivity index (χ3v) is 18.7. The number of unbranched alkanes of at least 4 members (excludes halogenated alkanes) is 3. The van der Waals surface area contributed by atoms with Gasteiger partial charge in [-0.05, 0) is 118 Å². The number of carboxylic acids is 3. The van der Waals surface area contributed by atoms with E-state index in [0.29, 0.717) is 19.6 Å². The number of amides is 6. The summed E-state index contributed by atoms with van der Waals surface area (Å²) in [6.07, 6.45) is 5.63. The summed E-state index contributed by atoms with van der Waals surface area (Å²) >= 11 is 0. The van der Waals surface area contributed by atoms with Gasteiger partial charge in [0.25, 0.3) is 6.47 Å². The highest BCUT2D eigenvalue weighted by molar-refractivity contribution is 5.80. The molecule has 41 heteroatoms. The average molecular weight is 2000 g/mol. The molecule has 10 N–H and O–H groups in total. The average Bonchev–Trinajstić information content (AvgIpc) is 0.857. The predicted octanol–water partition coefficient (Wildman–Crippen LogP) is 9.65. The first kappa shape index (κ1) is 130. The Kier molecular flexibility index (Phi) is 72.2. The molecule has 0 bridgehead atoms. The number of benzene rings is 3. The van der Waals surface area contributed by atoms with Crippen molar-refractivity contribution in [1.82, 2.24) is 31.9 Å².